The standard InChI is InChI=1S/C15H22N2O3S/c1-3-4-16-15-10-21-9-12(15)5-11-6-13(17(18)19)8-14(7-11)20-2/h6-8,12,15-16H,3-5,9-10H2,1-2H3. The molecular weight excluding hydrogens is 288 g/mol. The molecule has 2 atom stereocenters. The van der Waals surface area contributed by atoms with E-state index in [1.54, 1.807) is 13.2 Å². The summed E-state index contributed by atoms with van der Waals surface area (Å²) in [5.41, 5.74) is 1.09. The van der Waals surface area contributed by atoms with Crippen LogP contribution in [0, 0.1) is 16.0 Å². The second-order valence-electron chi connectivity index (χ2n) is 5.36. The molecule has 0 spiro atoms. The van der Waals surface area contributed by atoms with Crippen molar-refractivity contribution in [2.45, 2.75) is 25.8 Å². The largest absolute Gasteiger partial charge is 0.496 e. The Labute approximate surface area is 129 Å². The van der Waals surface area contributed by atoms with E-state index in [1.807, 2.05) is 17.8 Å². The zero-order valence-corrected chi connectivity index (χ0v) is 13.3. The van der Waals surface area contributed by atoms with E-state index in [0.29, 0.717) is 17.7 Å². The molecular formula is C15H22N2O3S. The summed E-state index contributed by atoms with van der Waals surface area (Å²) in [7, 11) is 1.54. The van der Waals surface area contributed by atoms with E-state index in [1.165, 1.54) is 6.07 Å². The molecule has 6 heteroatoms. The Morgan fingerprint density at radius 1 is 1.43 bits per heavy atom. The number of rotatable bonds is 7. The molecule has 0 aliphatic carbocycles. The van der Waals surface area contributed by atoms with Crippen molar-refractivity contribution >= 4 is 17.4 Å². The predicted octanol–water partition coefficient (Wildman–Crippen LogP) is 2.88. The molecule has 1 aliphatic heterocycles. The third-order valence-electron chi connectivity index (χ3n) is 3.75. The normalized spacial score (nSPS) is 21.4. The summed E-state index contributed by atoms with van der Waals surface area (Å²) >= 11 is 1.95. The first-order chi connectivity index (χ1) is 10.1. The molecule has 1 aromatic carbocycles. The molecule has 116 valence electrons. The van der Waals surface area contributed by atoms with E-state index >= 15 is 0 Å². The van der Waals surface area contributed by atoms with Gasteiger partial charge in [-0.15, -0.1) is 0 Å². The number of nitro groups is 1. The molecule has 0 aromatic heterocycles. The zero-order valence-electron chi connectivity index (χ0n) is 12.5. The van der Waals surface area contributed by atoms with Crippen LogP contribution in [0.2, 0.25) is 0 Å². The van der Waals surface area contributed by atoms with Crippen LogP contribution in [0.3, 0.4) is 0 Å². The van der Waals surface area contributed by atoms with Crippen molar-refractivity contribution in [1.82, 2.24) is 5.32 Å². The Morgan fingerprint density at radius 2 is 2.24 bits per heavy atom. The van der Waals surface area contributed by atoms with Crippen LogP contribution in [0.15, 0.2) is 18.2 Å². The molecule has 0 bridgehead atoms. The Morgan fingerprint density at radius 3 is 2.90 bits per heavy atom. The fraction of sp³-hybridized carbons (Fsp3) is 0.600. The summed E-state index contributed by atoms with van der Waals surface area (Å²) in [5, 5.41) is 14.6. The lowest BCUT2D eigenvalue weighted by Gasteiger charge is -2.20. The molecule has 1 saturated heterocycles. The third-order valence-corrected chi connectivity index (χ3v) is 5.01. The number of thioether (sulfide) groups is 1. The molecule has 1 heterocycles. The predicted molar refractivity (Wildman–Crippen MR) is 86.2 cm³/mol. The summed E-state index contributed by atoms with van der Waals surface area (Å²) < 4.78 is 5.18. The third kappa shape index (κ3) is 4.35. The first-order valence-electron chi connectivity index (χ1n) is 7.27. The van der Waals surface area contributed by atoms with Gasteiger partial charge in [0.1, 0.15) is 5.75 Å². The lowest BCUT2D eigenvalue weighted by Crippen LogP contribution is -2.36. The SMILES string of the molecule is CCCNC1CSCC1Cc1cc(OC)cc([N+](=O)[O-])c1. The maximum Gasteiger partial charge on any atom is 0.273 e. The average molecular weight is 310 g/mol. The van der Waals surface area contributed by atoms with Crippen LogP contribution in [0.5, 0.6) is 5.75 Å². The van der Waals surface area contributed by atoms with E-state index < -0.39 is 0 Å². The Kier molecular flexibility index (Phi) is 5.87. The monoisotopic (exact) mass is 310 g/mol. The van der Waals surface area contributed by atoms with Gasteiger partial charge in [0.05, 0.1) is 18.1 Å². The minimum absolute atomic E-state index is 0.105. The number of benzene rings is 1. The summed E-state index contributed by atoms with van der Waals surface area (Å²) in [4.78, 5) is 10.6. The van der Waals surface area contributed by atoms with Crippen LogP contribution in [-0.4, -0.2) is 36.1 Å². The van der Waals surface area contributed by atoms with Crippen molar-refractivity contribution in [3.05, 3.63) is 33.9 Å². The second-order valence-corrected chi connectivity index (χ2v) is 6.43. The summed E-state index contributed by atoms with van der Waals surface area (Å²) in [6.07, 6.45) is 1.98. The van der Waals surface area contributed by atoms with Crippen molar-refractivity contribution in [2.75, 3.05) is 25.2 Å². The molecule has 1 aromatic rings. The van der Waals surface area contributed by atoms with E-state index in [9.17, 15) is 10.1 Å². The summed E-state index contributed by atoms with van der Waals surface area (Å²) in [6.45, 7) is 3.19. The number of hydrogen-bond acceptors (Lipinski definition) is 5. The molecule has 0 saturated carbocycles. The lowest BCUT2D eigenvalue weighted by atomic mass is 9.94. The van der Waals surface area contributed by atoms with Gasteiger partial charge in [0, 0.05) is 17.9 Å². The average Bonchev–Trinajstić information content (AvgIpc) is 2.91. The number of ether oxygens (including phenoxy) is 1. The topological polar surface area (TPSA) is 64.4 Å². The summed E-state index contributed by atoms with van der Waals surface area (Å²) in [6, 6.07) is 5.55. The molecule has 5 nitrogen and oxygen atoms in total. The Hall–Kier alpha value is -1.27. The highest BCUT2D eigenvalue weighted by Gasteiger charge is 2.27. The van der Waals surface area contributed by atoms with Gasteiger partial charge in [0.15, 0.2) is 0 Å². The quantitative estimate of drug-likeness (QED) is 0.620. The maximum absolute atomic E-state index is 11.0. The van der Waals surface area contributed by atoms with Gasteiger partial charge in [-0.3, -0.25) is 10.1 Å². The van der Waals surface area contributed by atoms with Crippen LogP contribution < -0.4 is 10.1 Å². The lowest BCUT2D eigenvalue weighted by molar-refractivity contribution is -0.385. The molecule has 21 heavy (non-hydrogen) atoms. The Balaban J connectivity index is 2.10. The Bertz CT molecular complexity index is 496. The van der Waals surface area contributed by atoms with Crippen molar-refractivity contribution in [3.8, 4) is 5.75 Å². The van der Waals surface area contributed by atoms with Gasteiger partial charge in [-0.2, -0.15) is 11.8 Å². The van der Waals surface area contributed by atoms with Gasteiger partial charge in [-0.1, -0.05) is 6.92 Å². The highest BCUT2D eigenvalue weighted by Crippen LogP contribution is 2.30. The van der Waals surface area contributed by atoms with Crippen LogP contribution in [0.4, 0.5) is 5.69 Å². The highest BCUT2D eigenvalue weighted by molar-refractivity contribution is 7.99. The highest BCUT2D eigenvalue weighted by atomic mass is 32.2. The molecule has 2 rings (SSSR count). The van der Waals surface area contributed by atoms with E-state index in [-0.39, 0.29) is 10.6 Å². The molecule has 1 fully saturated rings. The van der Waals surface area contributed by atoms with Crippen LogP contribution in [0.1, 0.15) is 18.9 Å². The van der Waals surface area contributed by atoms with E-state index in [0.717, 1.165) is 36.5 Å². The minimum atomic E-state index is -0.359. The number of hydrogen-bond donors (Lipinski definition) is 1. The van der Waals surface area contributed by atoms with Gasteiger partial charge in [-0.05, 0) is 42.7 Å². The van der Waals surface area contributed by atoms with Crippen molar-refractivity contribution < 1.29 is 9.66 Å². The second kappa shape index (κ2) is 7.66. The molecule has 2 unspecified atom stereocenters. The van der Waals surface area contributed by atoms with Gasteiger partial charge >= 0.3 is 0 Å². The van der Waals surface area contributed by atoms with E-state index in [4.69, 9.17) is 4.74 Å². The molecule has 0 radical (unpaired) electrons. The van der Waals surface area contributed by atoms with Crippen LogP contribution in [0.25, 0.3) is 0 Å². The van der Waals surface area contributed by atoms with Crippen molar-refractivity contribution in [1.29, 1.82) is 0 Å². The van der Waals surface area contributed by atoms with Crippen LogP contribution >= 0.6 is 11.8 Å². The van der Waals surface area contributed by atoms with Gasteiger partial charge in [0.2, 0.25) is 0 Å². The van der Waals surface area contributed by atoms with Crippen molar-refractivity contribution in [2.24, 2.45) is 5.92 Å². The molecule has 0 amide bonds. The van der Waals surface area contributed by atoms with Crippen LogP contribution in [-0.2, 0) is 6.42 Å². The number of nitro benzene ring substituents is 1. The first-order valence-corrected chi connectivity index (χ1v) is 8.43. The van der Waals surface area contributed by atoms with E-state index in [2.05, 4.69) is 12.2 Å². The van der Waals surface area contributed by atoms with Crippen molar-refractivity contribution in [3.63, 3.8) is 0 Å². The fourth-order valence-corrected chi connectivity index (χ4v) is 4.08. The zero-order chi connectivity index (χ0) is 15.2. The van der Waals surface area contributed by atoms with Gasteiger partial charge in [0.25, 0.3) is 5.69 Å². The van der Waals surface area contributed by atoms with Gasteiger partial charge < -0.3 is 10.1 Å². The molecule has 1 aliphatic rings. The number of nitrogens with zero attached hydrogens (tertiary/aromatic N) is 1. The number of nitrogens with one attached hydrogen (secondary N) is 1. The fourth-order valence-electron chi connectivity index (χ4n) is 2.64. The minimum Gasteiger partial charge on any atom is -0.496 e. The number of methoxy groups -OCH3 is 1. The smallest absolute Gasteiger partial charge is 0.273 e. The maximum atomic E-state index is 11.0. The number of non-ortho nitro benzene ring substituents is 1. The van der Waals surface area contributed by atoms with Gasteiger partial charge in [-0.25, -0.2) is 0 Å². The summed E-state index contributed by atoms with van der Waals surface area (Å²) in [5.74, 6) is 3.31. The molecule has 1 N–H and O–H groups in total. The first kappa shape index (κ1) is 16.1.